The van der Waals surface area contributed by atoms with E-state index in [4.69, 9.17) is 9.47 Å². The van der Waals surface area contributed by atoms with Crippen LogP contribution in [0, 0.1) is 0 Å². The highest BCUT2D eigenvalue weighted by molar-refractivity contribution is 5.82. The fourth-order valence-corrected chi connectivity index (χ4v) is 1.44. The topological polar surface area (TPSA) is 35.5 Å². The van der Waals surface area contributed by atoms with Crippen LogP contribution in [-0.4, -0.2) is 25.8 Å². The number of hydrogen-bond donors (Lipinski definition) is 0. The Labute approximate surface area is 102 Å². The molecule has 0 aliphatic carbocycles. The third-order valence-corrected chi connectivity index (χ3v) is 2.18. The first kappa shape index (κ1) is 13.6. The first-order chi connectivity index (χ1) is 8.31. The molecule has 0 aromatic heterocycles. The van der Waals surface area contributed by atoms with Crippen molar-refractivity contribution in [2.45, 2.75) is 20.1 Å². The summed E-state index contributed by atoms with van der Waals surface area (Å²) < 4.78 is 10.8. The third kappa shape index (κ3) is 4.51. The molecule has 0 atom stereocenters. The van der Waals surface area contributed by atoms with E-state index in [9.17, 15) is 4.79 Å². The van der Waals surface area contributed by atoms with Crippen LogP contribution >= 0.6 is 0 Å². The Kier molecular flexibility index (Phi) is 6.22. The minimum absolute atomic E-state index is 0.500. The number of rotatable bonds is 7. The van der Waals surface area contributed by atoms with E-state index >= 15 is 0 Å². The molecule has 1 rings (SSSR count). The summed E-state index contributed by atoms with van der Waals surface area (Å²) in [5.74, 6) is 0. The van der Waals surface area contributed by atoms with Crippen molar-refractivity contribution >= 4 is 12.4 Å². The monoisotopic (exact) mass is 234 g/mol. The molecule has 0 unspecified atom stereocenters. The van der Waals surface area contributed by atoms with Crippen molar-refractivity contribution in [3.63, 3.8) is 0 Å². The minimum atomic E-state index is -0.581. The van der Waals surface area contributed by atoms with Crippen molar-refractivity contribution in [1.82, 2.24) is 0 Å². The van der Waals surface area contributed by atoms with E-state index in [1.165, 1.54) is 0 Å². The van der Waals surface area contributed by atoms with Crippen LogP contribution in [-0.2, 0) is 14.3 Å². The summed E-state index contributed by atoms with van der Waals surface area (Å²) in [5.41, 5.74) is 1.46. The quantitative estimate of drug-likeness (QED) is 0.413. The Bertz CT molecular complexity index is 351. The maximum absolute atomic E-state index is 11.1. The van der Waals surface area contributed by atoms with Gasteiger partial charge in [-0.25, -0.2) is 0 Å². The SMILES string of the molecule is CCOC(OCC)/C(C=O)=C/c1ccccc1. The molecular weight excluding hydrogens is 216 g/mol. The second kappa shape index (κ2) is 7.76. The van der Waals surface area contributed by atoms with E-state index in [0.717, 1.165) is 11.8 Å². The molecule has 0 aliphatic heterocycles. The van der Waals surface area contributed by atoms with Crippen LogP contribution in [0.4, 0.5) is 0 Å². The van der Waals surface area contributed by atoms with Crippen LogP contribution < -0.4 is 0 Å². The van der Waals surface area contributed by atoms with Gasteiger partial charge in [0, 0.05) is 18.8 Å². The van der Waals surface area contributed by atoms with Crippen LogP contribution in [0.25, 0.3) is 6.08 Å². The standard InChI is InChI=1S/C14H18O3/c1-3-16-14(17-4-2)13(11-15)10-12-8-6-5-7-9-12/h5-11,14H,3-4H2,1-2H3/b13-10+. The molecular formula is C14H18O3. The molecule has 0 amide bonds. The summed E-state index contributed by atoms with van der Waals surface area (Å²) in [5, 5.41) is 0. The van der Waals surface area contributed by atoms with Crippen molar-refractivity contribution in [1.29, 1.82) is 0 Å². The maximum Gasteiger partial charge on any atom is 0.186 e. The highest BCUT2D eigenvalue weighted by atomic mass is 16.7. The van der Waals surface area contributed by atoms with Gasteiger partial charge >= 0.3 is 0 Å². The molecule has 92 valence electrons. The zero-order chi connectivity index (χ0) is 12.5. The minimum Gasteiger partial charge on any atom is -0.349 e. The van der Waals surface area contributed by atoms with Crippen molar-refractivity contribution in [3.05, 3.63) is 41.5 Å². The van der Waals surface area contributed by atoms with Gasteiger partial charge in [0.05, 0.1) is 0 Å². The summed E-state index contributed by atoms with van der Waals surface area (Å²) in [6.07, 6.45) is 1.98. The smallest absolute Gasteiger partial charge is 0.186 e. The van der Waals surface area contributed by atoms with E-state index in [1.54, 1.807) is 6.08 Å². The van der Waals surface area contributed by atoms with Gasteiger partial charge in [-0.15, -0.1) is 0 Å². The molecule has 1 aromatic carbocycles. The van der Waals surface area contributed by atoms with Crippen molar-refractivity contribution < 1.29 is 14.3 Å². The second-order valence-electron chi connectivity index (χ2n) is 3.42. The van der Waals surface area contributed by atoms with Gasteiger partial charge in [-0.1, -0.05) is 30.3 Å². The predicted octanol–water partition coefficient (Wildman–Crippen LogP) is 2.67. The molecule has 1 aromatic rings. The van der Waals surface area contributed by atoms with E-state index in [1.807, 2.05) is 44.2 Å². The fraction of sp³-hybridized carbons (Fsp3) is 0.357. The molecule has 0 bridgehead atoms. The van der Waals surface area contributed by atoms with Crippen LogP contribution in [0.5, 0.6) is 0 Å². The van der Waals surface area contributed by atoms with Crippen molar-refractivity contribution in [3.8, 4) is 0 Å². The van der Waals surface area contributed by atoms with E-state index < -0.39 is 6.29 Å². The van der Waals surface area contributed by atoms with Gasteiger partial charge in [0.2, 0.25) is 0 Å². The lowest BCUT2D eigenvalue weighted by Gasteiger charge is -2.16. The molecule has 0 saturated heterocycles. The Morgan fingerprint density at radius 3 is 2.24 bits per heavy atom. The lowest BCUT2D eigenvalue weighted by Crippen LogP contribution is -2.20. The zero-order valence-corrected chi connectivity index (χ0v) is 10.3. The molecule has 0 radical (unpaired) electrons. The van der Waals surface area contributed by atoms with E-state index in [-0.39, 0.29) is 0 Å². The number of benzene rings is 1. The fourth-order valence-electron chi connectivity index (χ4n) is 1.44. The lowest BCUT2D eigenvalue weighted by atomic mass is 10.1. The number of carbonyl (C=O) groups is 1. The zero-order valence-electron chi connectivity index (χ0n) is 10.3. The van der Waals surface area contributed by atoms with Crippen LogP contribution in [0.2, 0.25) is 0 Å². The van der Waals surface area contributed by atoms with E-state index in [2.05, 4.69) is 0 Å². The largest absolute Gasteiger partial charge is 0.349 e. The van der Waals surface area contributed by atoms with Gasteiger partial charge in [-0.05, 0) is 25.5 Å². The highest BCUT2D eigenvalue weighted by Gasteiger charge is 2.13. The molecule has 3 heteroatoms. The van der Waals surface area contributed by atoms with Gasteiger partial charge in [0.25, 0.3) is 0 Å². The van der Waals surface area contributed by atoms with Gasteiger partial charge in [0.1, 0.15) is 0 Å². The molecule has 0 heterocycles. The average Bonchev–Trinajstić information content (AvgIpc) is 2.37. The molecule has 0 fully saturated rings. The maximum atomic E-state index is 11.1. The van der Waals surface area contributed by atoms with Gasteiger partial charge in [-0.3, -0.25) is 4.79 Å². The Morgan fingerprint density at radius 1 is 1.18 bits per heavy atom. The highest BCUT2D eigenvalue weighted by Crippen LogP contribution is 2.12. The summed E-state index contributed by atoms with van der Waals surface area (Å²) >= 11 is 0. The second-order valence-corrected chi connectivity index (χ2v) is 3.42. The lowest BCUT2D eigenvalue weighted by molar-refractivity contribution is -0.123. The third-order valence-electron chi connectivity index (χ3n) is 2.18. The van der Waals surface area contributed by atoms with Crippen LogP contribution in [0.1, 0.15) is 19.4 Å². The molecule has 0 spiro atoms. The van der Waals surface area contributed by atoms with Crippen LogP contribution in [0.15, 0.2) is 35.9 Å². The molecule has 17 heavy (non-hydrogen) atoms. The van der Waals surface area contributed by atoms with E-state index in [0.29, 0.717) is 18.8 Å². The van der Waals surface area contributed by atoms with Crippen LogP contribution in [0.3, 0.4) is 0 Å². The predicted molar refractivity (Wildman–Crippen MR) is 67.5 cm³/mol. The summed E-state index contributed by atoms with van der Waals surface area (Å²) in [6.45, 7) is 4.75. The Balaban J connectivity index is 2.87. The summed E-state index contributed by atoms with van der Waals surface area (Å²) in [4.78, 5) is 11.1. The molecule has 0 saturated carbocycles. The number of ether oxygens (including phenoxy) is 2. The molecule has 0 aliphatic rings. The van der Waals surface area contributed by atoms with Crippen molar-refractivity contribution in [2.24, 2.45) is 0 Å². The normalized spacial score (nSPS) is 11.8. The summed E-state index contributed by atoms with van der Waals surface area (Å²) in [7, 11) is 0. The number of aldehydes is 1. The van der Waals surface area contributed by atoms with Crippen molar-refractivity contribution in [2.75, 3.05) is 13.2 Å². The van der Waals surface area contributed by atoms with Gasteiger partial charge in [-0.2, -0.15) is 0 Å². The number of hydrogen-bond acceptors (Lipinski definition) is 3. The average molecular weight is 234 g/mol. The Morgan fingerprint density at radius 2 is 1.76 bits per heavy atom. The molecule has 0 N–H and O–H groups in total. The Hall–Kier alpha value is -1.45. The number of carbonyl (C=O) groups excluding carboxylic acids is 1. The molecule has 3 nitrogen and oxygen atoms in total. The first-order valence-corrected chi connectivity index (χ1v) is 5.76. The first-order valence-electron chi connectivity index (χ1n) is 5.76. The van der Waals surface area contributed by atoms with Gasteiger partial charge < -0.3 is 9.47 Å². The summed E-state index contributed by atoms with van der Waals surface area (Å²) in [6, 6.07) is 9.63. The van der Waals surface area contributed by atoms with Gasteiger partial charge in [0.15, 0.2) is 12.6 Å².